The first-order chi connectivity index (χ1) is 12.4. The van der Waals surface area contributed by atoms with Crippen molar-refractivity contribution in [3.63, 3.8) is 0 Å². The summed E-state index contributed by atoms with van der Waals surface area (Å²) in [5.41, 5.74) is 1.86. The number of rotatable bonds is 10. The quantitative estimate of drug-likeness (QED) is 0.177. The summed E-state index contributed by atoms with van der Waals surface area (Å²) in [6, 6.07) is 5.79. The monoisotopic (exact) mass is 554 g/mol. The van der Waals surface area contributed by atoms with Crippen molar-refractivity contribution >= 4 is 57.5 Å². The van der Waals surface area contributed by atoms with E-state index in [1.807, 2.05) is 25.1 Å². The molecule has 0 atom stereocenters. The molecule has 0 radical (unpaired) electrons. The fraction of sp³-hybridized carbons (Fsp3) is 0.579. The largest absolute Gasteiger partial charge is 0.381 e. The lowest BCUT2D eigenvalue weighted by molar-refractivity contribution is -0.116. The Hall–Kier alpha value is -0.870. The molecule has 0 unspecified atom stereocenters. The maximum Gasteiger partial charge on any atom is 0.226 e. The van der Waals surface area contributed by atoms with Crippen molar-refractivity contribution in [1.29, 1.82) is 0 Å². The van der Waals surface area contributed by atoms with E-state index >= 15 is 0 Å². The van der Waals surface area contributed by atoms with Crippen LogP contribution in [0.25, 0.3) is 0 Å². The molecule has 0 saturated heterocycles. The first-order valence-corrected chi connectivity index (χ1v) is 9.80. The fourth-order valence-electron chi connectivity index (χ4n) is 2.20. The SMILES string of the molecule is CN=C(NCCCOCC(C)C)NCCC(=O)Nc1ccc(Br)cc1C.I. The molecule has 0 aliphatic carbocycles. The highest BCUT2D eigenvalue weighted by molar-refractivity contribution is 14.0. The van der Waals surface area contributed by atoms with Gasteiger partial charge in [0.1, 0.15) is 0 Å². The molecule has 8 heteroatoms. The lowest BCUT2D eigenvalue weighted by Crippen LogP contribution is -2.39. The molecule has 0 aliphatic rings. The molecule has 0 aliphatic heterocycles. The number of aryl methyl sites for hydroxylation is 1. The summed E-state index contributed by atoms with van der Waals surface area (Å²) in [6.45, 7) is 9.07. The standard InChI is InChI=1S/C19H31BrN4O2.HI/c1-14(2)13-26-11-5-9-22-19(21-4)23-10-8-18(25)24-17-7-6-16(20)12-15(17)3;/h6-7,12,14H,5,8-11,13H2,1-4H3,(H,24,25)(H2,21,22,23);1H. The van der Waals surface area contributed by atoms with Crippen molar-refractivity contribution in [2.45, 2.75) is 33.6 Å². The molecule has 1 aromatic rings. The highest BCUT2D eigenvalue weighted by Gasteiger charge is 2.06. The summed E-state index contributed by atoms with van der Waals surface area (Å²) in [5.74, 6) is 1.23. The Morgan fingerprint density at radius 1 is 1.26 bits per heavy atom. The molecule has 27 heavy (non-hydrogen) atoms. The van der Waals surface area contributed by atoms with E-state index in [1.54, 1.807) is 7.05 Å². The lowest BCUT2D eigenvalue weighted by atomic mass is 10.2. The summed E-state index contributed by atoms with van der Waals surface area (Å²) in [4.78, 5) is 16.2. The summed E-state index contributed by atoms with van der Waals surface area (Å²) in [6.07, 6.45) is 1.28. The van der Waals surface area contributed by atoms with Gasteiger partial charge in [0.2, 0.25) is 5.91 Å². The van der Waals surface area contributed by atoms with Gasteiger partial charge in [-0.25, -0.2) is 0 Å². The second-order valence-electron chi connectivity index (χ2n) is 6.51. The van der Waals surface area contributed by atoms with Crippen molar-refractivity contribution in [1.82, 2.24) is 10.6 Å². The molecule has 1 aromatic carbocycles. The van der Waals surface area contributed by atoms with Gasteiger partial charge < -0.3 is 20.7 Å². The van der Waals surface area contributed by atoms with Crippen LogP contribution in [-0.2, 0) is 9.53 Å². The maximum atomic E-state index is 12.1. The van der Waals surface area contributed by atoms with Crippen LogP contribution >= 0.6 is 39.9 Å². The Bertz CT molecular complexity index is 597. The van der Waals surface area contributed by atoms with Crippen LogP contribution in [0.3, 0.4) is 0 Å². The van der Waals surface area contributed by atoms with E-state index < -0.39 is 0 Å². The summed E-state index contributed by atoms with van der Waals surface area (Å²) in [7, 11) is 1.72. The number of ether oxygens (including phenoxy) is 1. The van der Waals surface area contributed by atoms with Gasteiger partial charge in [-0.1, -0.05) is 29.8 Å². The molecule has 0 heterocycles. The van der Waals surface area contributed by atoms with Crippen LogP contribution in [0.15, 0.2) is 27.7 Å². The topological polar surface area (TPSA) is 74.8 Å². The van der Waals surface area contributed by atoms with E-state index in [9.17, 15) is 4.79 Å². The van der Waals surface area contributed by atoms with Gasteiger partial charge in [-0.2, -0.15) is 0 Å². The van der Waals surface area contributed by atoms with Gasteiger partial charge in [-0.15, -0.1) is 24.0 Å². The van der Waals surface area contributed by atoms with Crippen molar-refractivity contribution in [2.75, 3.05) is 38.7 Å². The number of carbonyl (C=O) groups is 1. The van der Waals surface area contributed by atoms with Crippen molar-refractivity contribution in [3.05, 3.63) is 28.2 Å². The van der Waals surface area contributed by atoms with Gasteiger partial charge >= 0.3 is 0 Å². The molecule has 1 rings (SSSR count). The number of halogens is 2. The van der Waals surface area contributed by atoms with Gasteiger partial charge in [0.15, 0.2) is 5.96 Å². The minimum Gasteiger partial charge on any atom is -0.381 e. The van der Waals surface area contributed by atoms with E-state index in [1.165, 1.54) is 0 Å². The smallest absolute Gasteiger partial charge is 0.226 e. The summed E-state index contributed by atoms with van der Waals surface area (Å²) < 4.78 is 6.54. The van der Waals surface area contributed by atoms with Crippen LogP contribution in [0, 0.1) is 12.8 Å². The number of aliphatic imine (C=N–C) groups is 1. The predicted molar refractivity (Wildman–Crippen MR) is 127 cm³/mol. The van der Waals surface area contributed by atoms with Crippen LogP contribution in [-0.4, -0.2) is 45.2 Å². The third kappa shape index (κ3) is 12.2. The van der Waals surface area contributed by atoms with Crippen LogP contribution < -0.4 is 16.0 Å². The van der Waals surface area contributed by atoms with Crippen molar-refractivity contribution < 1.29 is 9.53 Å². The number of nitrogens with zero attached hydrogens (tertiary/aromatic N) is 1. The Kier molecular flexibility index (Phi) is 14.6. The number of nitrogens with one attached hydrogen (secondary N) is 3. The molecular formula is C19H32BrIN4O2. The zero-order valence-electron chi connectivity index (χ0n) is 16.6. The van der Waals surface area contributed by atoms with E-state index in [-0.39, 0.29) is 29.9 Å². The van der Waals surface area contributed by atoms with Gasteiger partial charge in [-0.3, -0.25) is 9.79 Å². The van der Waals surface area contributed by atoms with Crippen LogP contribution in [0.4, 0.5) is 5.69 Å². The highest BCUT2D eigenvalue weighted by Crippen LogP contribution is 2.19. The number of amides is 1. The second kappa shape index (κ2) is 15.1. The van der Waals surface area contributed by atoms with Gasteiger partial charge in [0.05, 0.1) is 0 Å². The number of carbonyl (C=O) groups excluding carboxylic acids is 1. The van der Waals surface area contributed by atoms with E-state index in [0.29, 0.717) is 24.8 Å². The average Bonchev–Trinajstić information content (AvgIpc) is 2.58. The number of benzene rings is 1. The molecule has 0 bridgehead atoms. The molecule has 154 valence electrons. The maximum absolute atomic E-state index is 12.1. The van der Waals surface area contributed by atoms with Crippen molar-refractivity contribution in [2.24, 2.45) is 10.9 Å². The third-order valence-electron chi connectivity index (χ3n) is 3.54. The molecule has 6 nitrogen and oxygen atoms in total. The predicted octanol–water partition coefficient (Wildman–Crippen LogP) is 3.93. The van der Waals surface area contributed by atoms with Crippen molar-refractivity contribution in [3.8, 4) is 0 Å². The molecule has 1 amide bonds. The number of guanidine groups is 1. The van der Waals surface area contributed by atoms with E-state index in [0.717, 1.165) is 41.9 Å². The molecule has 0 spiro atoms. The minimum atomic E-state index is -0.0274. The molecule has 3 N–H and O–H groups in total. The summed E-state index contributed by atoms with van der Waals surface area (Å²) >= 11 is 3.42. The Morgan fingerprint density at radius 2 is 1.96 bits per heavy atom. The fourth-order valence-corrected chi connectivity index (χ4v) is 2.67. The molecule has 0 fully saturated rings. The minimum absolute atomic E-state index is 0. The second-order valence-corrected chi connectivity index (χ2v) is 7.42. The number of anilines is 1. The zero-order chi connectivity index (χ0) is 19.4. The number of hydrogen-bond donors (Lipinski definition) is 3. The lowest BCUT2D eigenvalue weighted by Gasteiger charge is -2.13. The third-order valence-corrected chi connectivity index (χ3v) is 4.03. The first-order valence-electron chi connectivity index (χ1n) is 9.00. The van der Waals surface area contributed by atoms with Crippen LogP contribution in [0.5, 0.6) is 0 Å². The van der Waals surface area contributed by atoms with Crippen LogP contribution in [0.1, 0.15) is 32.3 Å². The van der Waals surface area contributed by atoms with Gasteiger partial charge in [-0.05, 0) is 43.0 Å². The molecular weight excluding hydrogens is 523 g/mol. The molecule has 0 aromatic heterocycles. The average molecular weight is 555 g/mol. The normalized spacial score (nSPS) is 11.1. The Morgan fingerprint density at radius 3 is 2.59 bits per heavy atom. The molecule has 0 saturated carbocycles. The van der Waals surface area contributed by atoms with Gasteiger partial charge in [0.25, 0.3) is 0 Å². The summed E-state index contributed by atoms with van der Waals surface area (Å²) in [5, 5.41) is 9.29. The Labute approximate surface area is 188 Å². The number of hydrogen-bond acceptors (Lipinski definition) is 3. The Balaban J connectivity index is 0.00000676. The highest BCUT2D eigenvalue weighted by atomic mass is 127. The zero-order valence-corrected chi connectivity index (χ0v) is 20.5. The first kappa shape index (κ1) is 26.1. The van der Waals surface area contributed by atoms with Crippen LogP contribution in [0.2, 0.25) is 0 Å². The van der Waals surface area contributed by atoms with E-state index in [2.05, 4.69) is 50.7 Å². The van der Waals surface area contributed by atoms with Gasteiger partial charge in [0, 0.05) is 49.9 Å². The van der Waals surface area contributed by atoms with E-state index in [4.69, 9.17) is 4.74 Å².